The van der Waals surface area contributed by atoms with Gasteiger partial charge >= 0.3 is 0 Å². The van der Waals surface area contributed by atoms with Crippen LogP contribution in [0.1, 0.15) is 19.3 Å². The SMILES string of the molecule is CS(=O)(=O)c1ccc(OCCCCC(=O)Nc2ccc(N)nc2)cc1.Cl. The number of benzene rings is 1. The summed E-state index contributed by atoms with van der Waals surface area (Å²) in [5.41, 5.74) is 6.09. The number of sulfone groups is 1. The van der Waals surface area contributed by atoms with Crippen LogP contribution < -0.4 is 15.8 Å². The minimum Gasteiger partial charge on any atom is -0.494 e. The number of hydrogen-bond acceptors (Lipinski definition) is 6. The quantitative estimate of drug-likeness (QED) is 0.660. The lowest BCUT2D eigenvalue weighted by atomic mass is 10.2. The molecule has 0 bridgehead atoms. The maximum Gasteiger partial charge on any atom is 0.224 e. The first-order valence-corrected chi connectivity index (χ1v) is 9.68. The maximum atomic E-state index is 11.8. The number of hydrogen-bond donors (Lipinski definition) is 2. The molecule has 0 atom stereocenters. The Bertz CT molecular complexity index is 809. The molecule has 0 aliphatic rings. The van der Waals surface area contributed by atoms with Crippen LogP contribution in [0.5, 0.6) is 5.75 Å². The van der Waals surface area contributed by atoms with E-state index in [-0.39, 0.29) is 23.2 Å². The van der Waals surface area contributed by atoms with E-state index in [0.29, 0.717) is 43.1 Å². The average Bonchev–Trinajstić information content (AvgIpc) is 2.56. The number of rotatable bonds is 8. The molecule has 0 spiro atoms. The predicted octanol–water partition coefficient (Wildman–Crippen LogP) is 2.68. The average molecular weight is 400 g/mol. The number of nitrogens with two attached hydrogens (primary N) is 1. The number of pyridine rings is 1. The van der Waals surface area contributed by atoms with Gasteiger partial charge in [-0.25, -0.2) is 13.4 Å². The first-order valence-electron chi connectivity index (χ1n) is 7.79. The molecule has 0 unspecified atom stereocenters. The number of nitrogens with zero attached hydrogens (tertiary/aromatic N) is 1. The molecule has 9 heteroatoms. The lowest BCUT2D eigenvalue weighted by molar-refractivity contribution is -0.116. The number of nitrogen functional groups attached to an aromatic ring is 1. The Morgan fingerprint density at radius 3 is 2.42 bits per heavy atom. The Labute approximate surface area is 159 Å². The van der Waals surface area contributed by atoms with E-state index in [1.165, 1.54) is 18.3 Å². The molecule has 1 aromatic heterocycles. The van der Waals surface area contributed by atoms with Gasteiger partial charge in [0.25, 0.3) is 0 Å². The van der Waals surface area contributed by atoms with Gasteiger partial charge in [-0.15, -0.1) is 12.4 Å². The highest BCUT2D eigenvalue weighted by Crippen LogP contribution is 2.16. The van der Waals surface area contributed by atoms with Gasteiger partial charge in [-0.1, -0.05) is 0 Å². The van der Waals surface area contributed by atoms with E-state index in [0.717, 1.165) is 6.26 Å². The molecule has 142 valence electrons. The minimum atomic E-state index is -3.20. The highest BCUT2D eigenvalue weighted by atomic mass is 35.5. The highest BCUT2D eigenvalue weighted by molar-refractivity contribution is 7.90. The van der Waals surface area contributed by atoms with Gasteiger partial charge in [-0.2, -0.15) is 0 Å². The molecule has 1 aromatic carbocycles. The second-order valence-electron chi connectivity index (χ2n) is 5.57. The summed E-state index contributed by atoms with van der Waals surface area (Å²) >= 11 is 0. The standard InChI is InChI=1S/C17H21N3O4S.ClH/c1-25(22,23)15-8-6-14(7-9-15)24-11-3-2-4-17(21)20-13-5-10-16(18)19-12-13;/h5-10,12H,2-4,11H2,1H3,(H2,18,19)(H,20,21);1H. The molecule has 1 amide bonds. The number of anilines is 2. The topological polar surface area (TPSA) is 111 Å². The van der Waals surface area contributed by atoms with Crippen LogP contribution >= 0.6 is 12.4 Å². The Kier molecular flexibility index (Phi) is 8.34. The van der Waals surface area contributed by atoms with Crippen molar-refractivity contribution < 1.29 is 17.9 Å². The molecule has 2 rings (SSSR count). The number of halogens is 1. The fourth-order valence-electron chi connectivity index (χ4n) is 2.06. The molecular formula is C17H22ClN3O4S. The van der Waals surface area contributed by atoms with Crippen molar-refractivity contribution in [3.8, 4) is 5.75 Å². The van der Waals surface area contributed by atoms with E-state index in [9.17, 15) is 13.2 Å². The fraction of sp³-hybridized carbons (Fsp3) is 0.294. The van der Waals surface area contributed by atoms with Crippen LogP contribution in [0.25, 0.3) is 0 Å². The zero-order valence-electron chi connectivity index (χ0n) is 14.3. The summed E-state index contributed by atoms with van der Waals surface area (Å²) in [7, 11) is -3.20. The van der Waals surface area contributed by atoms with Crippen molar-refractivity contribution in [2.75, 3.05) is 23.9 Å². The molecule has 0 saturated carbocycles. The smallest absolute Gasteiger partial charge is 0.224 e. The molecule has 7 nitrogen and oxygen atoms in total. The molecule has 0 saturated heterocycles. The van der Waals surface area contributed by atoms with Gasteiger partial charge in [0.2, 0.25) is 5.91 Å². The van der Waals surface area contributed by atoms with E-state index in [2.05, 4.69) is 10.3 Å². The predicted molar refractivity (Wildman–Crippen MR) is 103 cm³/mol. The number of carbonyl (C=O) groups is 1. The molecule has 0 aliphatic carbocycles. The molecule has 0 aliphatic heterocycles. The lowest BCUT2D eigenvalue weighted by Crippen LogP contribution is -2.12. The van der Waals surface area contributed by atoms with Crippen LogP contribution in [-0.2, 0) is 14.6 Å². The summed E-state index contributed by atoms with van der Waals surface area (Å²) in [4.78, 5) is 16.0. The van der Waals surface area contributed by atoms with Crippen LogP contribution in [0, 0.1) is 0 Å². The van der Waals surface area contributed by atoms with Crippen molar-refractivity contribution in [1.82, 2.24) is 4.98 Å². The van der Waals surface area contributed by atoms with E-state index in [1.54, 1.807) is 24.3 Å². The van der Waals surface area contributed by atoms with Crippen molar-refractivity contribution in [1.29, 1.82) is 0 Å². The summed E-state index contributed by atoms with van der Waals surface area (Å²) < 4.78 is 28.3. The zero-order chi connectivity index (χ0) is 18.3. The normalized spacial score (nSPS) is 10.7. The van der Waals surface area contributed by atoms with Crippen LogP contribution in [0.15, 0.2) is 47.5 Å². The van der Waals surface area contributed by atoms with Gasteiger partial charge in [-0.05, 0) is 49.2 Å². The summed E-state index contributed by atoms with van der Waals surface area (Å²) in [5.74, 6) is 0.911. The number of carbonyl (C=O) groups excluding carboxylic acids is 1. The molecule has 26 heavy (non-hydrogen) atoms. The van der Waals surface area contributed by atoms with Gasteiger partial charge in [0, 0.05) is 12.7 Å². The van der Waals surface area contributed by atoms with Gasteiger partial charge < -0.3 is 15.8 Å². The van der Waals surface area contributed by atoms with Crippen molar-refractivity contribution in [2.45, 2.75) is 24.2 Å². The molecule has 0 radical (unpaired) electrons. The summed E-state index contributed by atoms with van der Waals surface area (Å²) in [6.07, 6.45) is 4.43. The number of amides is 1. The number of ether oxygens (including phenoxy) is 1. The van der Waals surface area contributed by atoms with Crippen LogP contribution in [-0.4, -0.2) is 32.2 Å². The molecular weight excluding hydrogens is 378 g/mol. The monoisotopic (exact) mass is 399 g/mol. The third-order valence-corrected chi connectivity index (χ3v) is 4.52. The van der Waals surface area contributed by atoms with Gasteiger partial charge in [-0.3, -0.25) is 4.79 Å². The first-order chi connectivity index (χ1) is 11.8. The third-order valence-electron chi connectivity index (χ3n) is 3.39. The van der Waals surface area contributed by atoms with Crippen LogP contribution in [0.4, 0.5) is 11.5 Å². The molecule has 3 N–H and O–H groups in total. The largest absolute Gasteiger partial charge is 0.494 e. The minimum absolute atomic E-state index is 0. The Morgan fingerprint density at radius 2 is 1.85 bits per heavy atom. The Balaban J connectivity index is 0.00000338. The van der Waals surface area contributed by atoms with Gasteiger partial charge in [0.1, 0.15) is 11.6 Å². The van der Waals surface area contributed by atoms with E-state index in [4.69, 9.17) is 10.5 Å². The molecule has 0 fully saturated rings. The molecule has 1 heterocycles. The third kappa shape index (κ3) is 7.28. The van der Waals surface area contributed by atoms with Crippen LogP contribution in [0.3, 0.4) is 0 Å². The first kappa shape index (κ1) is 21.7. The number of nitrogens with one attached hydrogen (secondary N) is 1. The summed E-state index contributed by atoms with van der Waals surface area (Å²) in [6.45, 7) is 0.453. The summed E-state index contributed by atoms with van der Waals surface area (Å²) in [5, 5.41) is 2.74. The second-order valence-corrected chi connectivity index (χ2v) is 7.58. The zero-order valence-corrected chi connectivity index (χ0v) is 16.0. The van der Waals surface area contributed by atoms with Gasteiger partial charge in [0.05, 0.1) is 23.4 Å². The molecule has 2 aromatic rings. The Hall–Kier alpha value is -2.32. The van der Waals surface area contributed by atoms with E-state index in [1.807, 2.05) is 0 Å². The van der Waals surface area contributed by atoms with Crippen molar-refractivity contribution in [3.05, 3.63) is 42.6 Å². The van der Waals surface area contributed by atoms with Crippen molar-refractivity contribution >= 4 is 39.7 Å². The number of unbranched alkanes of at least 4 members (excludes halogenated alkanes) is 1. The van der Waals surface area contributed by atoms with E-state index < -0.39 is 9.84 Å². The maximum absolute atomic E-state index is 11.8. The second kappa shape index (κ2) is 9.98. The van der Waals surface area contributed by atoms with E-state index >= 15 is 0 Å². The summed E-state index contributed by atoms with van der Waals surface area (Å²) in [6, 6.07) is 9.59. The fourth-order valence-corrected chi connectivity index (χ4v) is 2.69. The number of aromatic nitrogens is 1. The lowest BCUT2D eigenvalue weighted by Gasteiger charge is -2.07. The van der Waals surface area contributed by atoms with Crippen LogP contribution in [0.2, 0.25) is 0 Å². The van der Waals surface area contributed by atoms with Crippen molar-refractivity contribution in [3.63, 3.8) is 0 Å². The van der Waals surface area contributed by atoms with Gasteiger partial charge in [0.15, 0.2) is 9.84 Å². The van der Waals surface area contributed by atoms with Crippen molar-refractivity contribution in [2.24, 2.45) is 0 Å². The highest BCUT2D eigenvalue weighted by Gasteiger charge is 2.06. The Morgan fingerprint density at radius 1 is 1.15 bits per heavy atom.